The summed E-state index contributed by atoms with van der Waals surface area (Å²) in [5.74, 6) is 6.99. The van der Waals surface area contributed by atoms with Gasteiger partial charge in [0.05, 0.1) is 18.6 Å². The molecule has 42 heavy (non-hydrogen) atoms. The van der Waals surface area contributed by atoms with E-state index >= 15 is 0 Å². The Morgan fingerprint density at radius 3 is 2.79 bits per heavy atom. The molecule has 1 aromatic carbocycles. The molecular formula is C34H42N2O6. The van der Waals surface area contributed by atoms with Crippen LogP contribution in [0.5, 0.6) is 5.75 Å². The van der Waals surface area contributed by atoms with Gasteiger partial charge in [0.15, 0.2) is 5.89 Å². The smallest absolute Gasteiger partial charge is 0.342 e. The van der Waals surface area contributed by atoms with Gasteiger partial charge in [0.25, 0.3) is 0 Å². The van der Waals surface area contributed by atoms with E-state index in [4.69, 9.17) is 13.9 Å². The van der Waals surface area contributed by atoms with Crippen molar-refractivity contribution >= 4 is 11.9 Å². The number of fused-ring (bicyclic) bond motifs is 1. The zero-order chi connectivity index (χ0) is 30.6. The Morgan fingerprint density at radius 2 is 2.02 bits per heavy atom. The largest absolute Gasteiger partial charge is 0.507 e. The first-order valence-corrected chi connectivity index (χ1v) is 14.3. The third-order valence-corrected chi connectivity index (χ3v) is 7.29. The molecule has 1 aromatic heterocycles. The molecule has 1 amide bonds. The molecule has 1 N–H and O–H groups in total. The number of esters is 1. The highest BCUT2D eigenvalue weighted by Gasteiger charge is 2.33. The first-order chi connectivity index (χ1) is 20.1. The number of aryl methyl sites for hydroxylation is 1. The van der Waals surface area contributed by atoms with Crippen LogP contribution in [0, 0.1) is 24.7 Å². The number of hydrogen-bond donors (Lipinski definition) is 1. The number of methoxy groups -OCH3 is 1. The third kappa shape index (κ3) is 9.13. The molecule has 0 spiro atoms. The van der Waals surface area contributed by atoms with Gasteiger partial charge < -0.3 is 23.9 Å². The average molecular weight is 575 g/mol. The van der Waals surface area contributed by atoms with E-state index in [9.17, 15) is 14.7 Å². The standard InChI is InChI=1S/C34H42N2O6/c1-23-16-17-27-21-29(42-34(39)31(27)32(23)38)25(3)19-28-22-41-33(35-28)24(2)15-13-11-9-7-8-10-12-14-18-36(5)30(37)20-26(4)40-6/h7,9,12,14,16-17,20,22,24-25,29,38H,8,10,15,18-19,21H2,1-6H3/b9-7-,14-12+,26-20+/t24-,25+,29-/m1/s1. The number of hydrogen-bond acceptors (Lipinski definition) is 7. The van der Waals surface area contributed by atoms with Crippen molar-refractivity contribution in [2.24, 2.45) is 5.92 Å². The fourth-order valence-electron chi connectivity index (χ4n) is 4.49. The van der Waals surface area contributed by atoms with Gasteiger partial charge in [-0.15, -0.1) is 0 Å². The predicted octanol–water partition coefficient (Wildman–Crippen LogP) is 6.05. The van der Waals surface area contributed by atoms with Crippen molar-refractivity contribution < 1.29 is 28.6 Å². The molecule has 8 heteroatoms. The molecule has 2 heterocycles. The van der Waals surface area contributed by atoms with Crippen LogP contribution < -0.4 is 0 Å². The van der Waals surface area contributed by atoms with Gasteiger partial charge in [-0.1, -0.05) is 56.0 Å². The minimum Gasteiger partial charge on any atom is -0.507 e. The van der Waals surface area contributed by atoms with E-state index in [1.807, 2.05) is 44.2 Å². The Balaban J connectivity index is 1.39. The molecule has 8 nitrogen and oxygen atoms in total. The van der Waals surface area contributed by atoms with E-state index in [1.54, 1.807) is 39.2 Å². The Morgan fingerprint density at radius 1 is 1.26 bits per heavy atom. The second kappa shape index (κ2) is 15.7. The van der Waals surface area contributed by atoms with Crippen LogP contribution >= 0.6 is 0 Å². The van der Waals surface area contributed by atoms with Crippen LogP contribution in [0.3, 0.4) is 0 Å². The van der Waals surface area contributed by atoms with Crippen molar-refractivity contribution in [1.29, 1.82) is 0 Å². The maximum Gasteiger partial charge on any atom is 0.342 e. The second-order valence-corrected chi connectivity index (χ2v) is 10.8. The molecule has 0 unspecified atom stereocenters. The van der Waals surface area contributed by atoms with Crippen molar-refractivity contribution in [3.63, 3.8) is 0 Å². The monoisotopic (exact) mass is 574 g/mol. The zero-order valence-electron chi connectivity index (χ0n) is 25.5. The summed E-state index contributed by atoms with van der Waals surface area (Å²) in [5.41, 5.74) is 2.57. The highest BCUT2D eigenvalue weighted by molar-refractivity contribution is 5.95. The number of ether oxygens (including phenoxy) is 2. The molecule has 0 saturated carbocycles. The Labute approximate surface area is 249 Å². The summed E-state index contributed by atoms with van der Waals surface area (Å²) < 4.78 is 16.4. The lowest BCUT2D eigenvalue weighted by atomic mass is 9.88. The average Bonchev–Trinajstić information content (AvgIpc) is 3.43. The molecule has 1 aliphatic rings. The summed E-state index contributed by atoms with van der Waals surface area (Å²) in [6, 6.07) is 3.72. The lowest BCUT2D eigenvalue weighted by Crippen LogP contribution is -2.34. The number of phenolic OH excluding ortho intramolecular Hbond substituents is 1. The number of amides is 1. The van der Waals surface area contributed by atoms with E-state index < -0.39 is 5.97 Å². The summed E-state index contributed by atoms with van der Waals surface area (Å²) in [6.07, 6.45) is 14.3. The summed E-state index contributed by atoms with van der Waals surface area (Å²) >= 11 is 0. The summed E-state index contributed by atoms with van der Waals surface area (Å²) in [6.45, 7) is 8.12. The van der Waals surface area contributed by atoms with E-state index in [1.165, 1.54) is 6.08 Å². The topological polar surface area (TPSA) is 102 Å². The number of oxazole rings is 1. The number of allylic oxidation sites excluding steroid dienone is 4. The maximum atomic E-state index is 12.6. The number of rotatable bonds is 12. The van der Waals surface area contributed by atoms with E-state index in [0.29, 0.717) is 43.0 Å². The normalized spacial score (nSPS) is 16.5. The van der Waals surface area contributed by atoms with Crippen molar-refractivity contribution in [1.82, 2.24) is 9.88 Å². The zero-order valence-corrected chi connectivity index (χ0v) is 25.5. The van der Waals surface area contributed by atoms with Crippen LogP contribution in [-0.4, -0.2) is 53.7 Å². The molecule has 3 atom stereocenters. The highest BCUT2D eigenvalue weighted by atomic mass is 16.5. The molecule has 224 valence electrons. The number of aromatic nitrogens is 1. The van der Waals surface area contributed by atoms with Crippen LogP contribution in [0.15, 0.2) is 59.0 Å². The molecule has 0 saturated heterocycles. The van der Waals surface area contributed by atoms with Gasteiger partial charge in [-0.2, -0.15) is 0 Å². The van der Waals surface area contributed by atoms with Crippen LogP contribution in [-0.2, 0) is 27.1 Å². The number of carbonyl (C=O) groups is 2. The van der Waals surface area contributed by atoms with Gasteiger partial charge >= 0.3 is 5.97 Å². The van der Waals surface area contributed by atoms with E-state index in [-0.39, 0.29) is 35.2 Å². The van der Waals surface area contributed by atoms with E-state index in [2.05, 4.69) is 22.9 Å². The van der Waals surface area contributed by atoms with Gasteiger partial charge in [0, 0.05) is 38.4 Å². The number of phenols is 1. The molecule has 0 fully saturated rings. The third-order valence-electron chi connectivity index (χ3n) is 7.29. The Bertz CT molecular complexity index is 1390. The number of likely N-dealkylation sites (N-methyl/N-ethyl adjacent to an activating group) is 1. The van der Waals surface area contributed by atoms with Gasteiger partial charge in [-0.25, -0.2) is 9.78 Å². The second-order valence-electron chi connectivity index (χ2n) is 10.8. The molecule has 0 aliphatic carbocycles. The summed E-state index contributed by atoms with van der Waals surface area (Å²) in [4.78, 5) is 30.8. The van der Waals surface area contributed by atoms with Crippen LogP contribution in [0.4, 0.5) is 0 Å². The summed E-state index contributed by atoms with van der Waals surface area (Å²) in [7, 11) is 3.30. The maximum absolute atomic E-state index is 12.6. The van der Waals surface area contributed by atoms with Crippen LogP contribution in [0.25, 0.3) is 0 Å². The molecular weight excluding hydrogens is 532 g/mol. The van der Waals surface area contributed by atoms with E-state index in [0.717, 1.165) is 24.1 Å². The molecule has 1 aliphatic heterocycles. The number of benzene rings is 1. The number of aromatic hydroxyl groups is 1. The quantitative estimate of drug-likeness (QED) is 0.0823. The summed E-state index contributed by atoms with van der Waals surface area (Å²) in [5, 5.41) is 10.3. The van der Waals surface area contributed by atoms with Crippen molar-refractivity contribution in [2.45, 2.75) is 71.8 Å². The number of carbonyl (C=O) groups excluding carboxylic acids is 2. The minimum atomic E-state index is -0.476. The number of cyclic esters (lactones) is 1. The first kappa shape index (κ1) is 32.3. The van der Waals surface area contributed by atoms with Crippen molar-refractivity contribution in [3.8, 4) is 17.6 Å². The molecule has 0 bridgehead atoms. The first-order valence-electron chi connectivity index (χ1n) is 14.3. The lowest BCUT2D eigenvalue weighted by Gasteiger charge is -2.29. The lowest BCUT2D eigenvalue weighted by molar-refractivity contribution is -0.124. The SMILES string of the molecule is CO/C(C)=C/C(=O)N(C)C/C=C/CC/C=C\C#CC[C@@H](C)c1nc(C[C@H](C)[C@H]2Cc3ccc(C)c(O)c3C(=O)O2)co1. The Kier molecular flexibility index (Phi) is 12.0. The molecule has 2 aromatic rings. The van der Waals surface area contributed by atoms with Crippen LogP contribution in [0.1, 0.15) is 79.0 Å². The molecule has 0 radical (unpaired) electrons. The Hall–Kier alpha value is -4.25. The van der Waals surface area contributed by atoms with Gasteiger partial charge in [0.1, 0.15) is 23.7 Å². The molecule has 3 rings (SSSR count). The fourth-order valence-corrected chi connectivity index (χ4v) is 4.49. The van der Waals surface area contributed by atoms with Gasteiger partial charge in [-0.3, -0.25) is 4.79 Å². The van der Waals surface area contributed by atoms with Gasteiger partial charge in [-0.05, 0) is 56.2 Å². The minimum absolute atomic E-state index is 0.00573. The predicted molar refractivity (Wildman–Crippen MR) is 162 cm³/mol. The fraction of sp³-hybridized carbons (Fsp3) is 0.441. The van der Waals surface area contributed by atoms with Crippen molar-refractivity contribution in [2.75, 3.05) is 20.7 Å². The van der Waals surface area contributed by atoms with Gasteiger partial charge in [0.2, 0.25) is 5.91 Å². The number of nitrogens with zero attached hydrogens (tertiary/aromatic N) is 2. The number of unbranched alkanes of at least 4 members (excludes halogenated alkanes) is 1. The van der Waals surface area contributed by atoms with Crippen molar-refractivity contribution in [3.05, 3.63) is 82.8 Å². The highest BCUT2D eigenvalue weighted by Crippen LogP contribution is 2.33. The van der Waals surface area contributed by atoms with Crippen LogP contribution in [0.2, 0.25) is 0 Å².